The zero-order valence-electron chi connectivity index (χ0n) is 14.2. The van der Waals surface area contributed by atoms with E-state index in [2.05, 4.69) is 19.9 Å². The smallest absolute Gasteiger partial charge is 0.128 e. The van der Waals surface area contributed by atoms with Gasteiger partial charge in [-0.05, 0) is 49.2 Å². The van der Waals surface area contributed by atoms with Crippen LogP contribution >= 0.6 is 0 Å². The second-order valence-corrected chi connectivity index (χ2v) is 6.17. The number of oxime groups is 1. The highest BCUT2D eigenvalue weighted by atomic mass is 19.1. The van der Waals surface area contributed by atoms with Gasteiger partial charge in [0.15, 0.2) is 0 Å². The first-order chi connectivity index (χ1) is 12.3. The van der Waals surface area contributed by atoms with Crippen molar-refractivity contribution < 1.29 is 9.60 Å². The van der Waals surface area contributed by atoms with Crippen molar-refractivity contribution in [2.24, 2.45) is 5.16 Å². The third-order valence-corrected chi connectivity index (χ3v) is 4.53. The van der Waals surface area contributed by atoms with Gasteiger partial charge in [0.25, 0.3) is 0 Å². The maximum atomic E-state index is 13.0. The Labute approximate surface area is 147 Å². The lowest BCUT2D eigenvalue weighted by molar-refractivity contribution is 0.255. The SMILES string of the molecule is O/N=C(\CCCN1CCN(c2ccccn2)CC1)c1ccc(F)cc1. The highest BCUT2D eigenvalue weighted by Gasteiger charge is 2.17. The number of anilines is 1. The van der Waals surface area contributed by atoms with Crippen LogP contribution in [0, 0.1) is 5.82 Å². The van der Waals surface area contributed by atoms with Crippen LogP contribution in [0.25, 0.3) is 0 Å². The van der Waals surface area contributed by atoms with Gasteiger partial charge in [-0.2, -0.15) is 0 Å². The first-order valence-electron chi connectivity index (χ1n) is 8.61. The van der Waals surface area contributed by atoms with Crippen molar-refractivity contribution in [3.05, 3.63) is 60.0 Å². The lowest BCUT2D eigenvalue weighted by Gasteiger charge is -2.35. The van der Waals surface area contributed by atoms with Crippen LogP contribution in [0.3, 0.4) is 0 Å². The van der Waals surface area contributed by atoms with Gasteiger partial charge in [-0.1, -0.05) is 23.4 Å². The average Bonchev–Trinajstić information content (AvgIpc) is 2.67. The summed E-state index contributed by atoms with van der Waals surface area (Å²) in [7, 11) is 0. The van der Waals surface area contributed by atoms with E-state index in [0.717, 1.165) is 50.5 Å². The normalized spacial score (nSPS) is 16.2. The molecule has 0 saturated carbocycles. The molecule has 1 aromatic heterocycles. The highest BCUT2D eigenvalue weighted by molar-refractivity contribution is 6.00. The Morgan fingerprint density at radius 1 is 1.08 bits per heavy atom. The molecular weight excluding hydrogens is 319 g/mol. The molecule has 25 heavy (non-hydrogen) atoms. The second kappa shape index (κ2) is 8.58. The molecule has 0 radical (unpaired) electrons. The minimum atomic E-state index is -0.285. The number of hydrogen-bond acceptors (Lipinski definition) is 5. The summed E-state index contributed by atoms with van der Waals surface area (Å²) in [6, 6.07) is 12.1. The third-order valence-electron chi connectivity index (χ3n) is 4.53. The van der Waals surface area contributed by atoms with Crippen LogP contribution in [0.15, 0.2) is 53.8 Å². The van der Waals surface area contributed by atoms with E-state index < -0.39 is 0 Å². The molecule has 0 spiro atoms. The number of halogens is 1. The standard InChI is InChI=1S/C19H23FN4O/c20-17-8-6-16(7-9-17)18(22-25)4-3-11-23-12-14-24(15-13-23)19-5-1-2-10-21-19/h1-2,5-10,25H,3-4,11-15H2/b22-18+. The molecular formula is C19H23FN4O. The van der Waals surface area contributed by atoms with E-state index in [4.69, 9.17) is 0 Å². The van der Waals surface area contributed by atoms with Crippen molar-refractivity contribution >= 4 is 11.5 Å². The van der Waals surface area contributed by atoms with E-state index in [9.17, 15) is 9.60 Å². The second-order valence-electron chi connectivity index (χ2n) is 6.17. The predicted octanol–water partition coefficient (Wildman–Crippen LogP) is 3.00. The molecule has 0 amide bonds. The van der Waals surface area contributed by atoms with Crippen molar-refractivity contribution in [2.75, 3.05) is 37.6 Å². The molecule has 132 valence electrons. The molecule has 0 unspecified atom stereocenters. The van der Waals surface area contributed by atoms with Crippen molar-refractivity contribution in [3.63, 3.8) is 0 Å². The number of pyridine rings is 1. The monoisotopic (exact) mass is 342 g/mol. The Balaban J connectivity index is 1.43. The fraction of sp³-hybridized carbons (Fsp3) is 0.368. The summed E-state index contributed by atoms with van der Waals surface area (Å²) in [4.78, 5) is 9.12. The molecule has 1 aliphatic rings. The molecule has 0 atom stereocenters. The number of rotatable bonds is 6. The summed E-state index contributed by atoms with van der Waals surface area (Å²) in [5.41, 5.74) is 1.37. The van der Waals surface area contributed by atoms with Crippen LogP contribution in [0.2, 0.25) is 0 Å². The lowest BCUT2D eigenvalue weighted by atomic mass is 10.1. The van der Waals surface area contributed by atoms with E-state index in [0.29, 0.717) is 12.1 Å². The quantitative estimate of drug-likeness (QED) is 0.498. The first kappa shape index (κ1) is 17.4. The minimum Gasteiger partial charge on any atom is -0.411 e. The molecule has 1 N–H and O–H groups in total. The van der Waals surface area contributed by atoms with Gasteiger partial charge >= 0.3 is 0 Å². The molecule has 5 nitrogen and oxygen atoms in total. The molecule has 0 aliphatic carbocycles. The van der Waals surface area contributed by atoms with E-state index in [1.54, 1.807) is 12.1 Å². The number of benzene rings is 1. The van der Waals surface area contributed by atoms with Gasteiger partial charge in [-0.25, -0.2) is 9.37 Å². The van der Waals surface area contributed by atoms with Crippen molar-refractivity contribution in [2.45, 2.75) is 12.8 Å². The maximum Gasteiger partial charge on any atom is 0.128 e. The van der Waals surface area contributed by atoms with Gasteiger partial charge in [0.05, 0.1) is 5.71 Å². The van der Waals surface area contributed by atoms with E-state index in [1.807, 2.05) is 24.4 Å². The van der Waals surface area contributed by atoms with Gasteiger partial charge in [0.2, 0.25) is 0 Å². The molecule has 1 aliphatic heterocycles. The largest absolute Gasteiger partial charge is 0.411 e. The summed E-state index contributed by atoms with van der Waals surface area (Å²) in [5.74, 6) is 0.750. The number of piperazine rings is 1. The lowest BCUT2D eigenvalue weighted by Crippen LogP contribution is -2.46. The Kier molecular flexibility index (Phi) is 5.95. The van der Waals surface area contributed by atoms with Crippen LogP contribution in [-0.4, -0.2) is 53.5 Å². The molecule has 1 saturated heterocycles. The Bertz CT molecular complexity index is 682. The zero-order valence-corrected chi connectivity index (χ0v) is 14.2. The predicted molar refractivity (Wildman–Crippen MR) is 96.8 cm³/mol. The summed E-state index contributed by atoms with van der Waals surface area (Å²) in [5, 5.41) is 12.6. The van der Waals surface area contributed by atoms with E-state index >= 15 is 0 Å². The topological polar surface area (TPSA) is 52.0 Å². The van der Waals surface area contributed by atoms with Gasteiger partial charge < -0.3 is 10.1 Å². The summed E-state index contributed by atoms with van der Waals surface area (Å²) in [6.07, 6.45) is 3.40. The molecule has 1 fully saturated rings. The van der Waals surface area contributed by atoms with Crippen molar-refractivity contribution in [1.29, 1.82) is 0 Å². The van der Waals surface area contributed by atoms with Crippen LogP contribution in [0.1, 0.15) is 18.4 Å². The Morgan fingerprint density at radius 3 is 2.48 bits per heavy atom. The van der Waals surface area contributed by atoms with Crippen molar-refractivity contribution in [3.8, 4) is 0 Å². The molecule has 2 heterocycles. The van der Waals surface area contributed by atoms with Crippen LogP contribution < -0.4 is 4.90 Å². The van der Waals surface area contributed by atoms with Crippen molar-refractivity contribution in [1.82, 2.24) is 9.88 Å². The van der Waals surface area contributed by atoms with Gasteiger partial charge in [-0.3, -0.25) is 4.90 Å². The molecule has 1 aromatic carbocycles. The Morgan fingerprint density at radius 2 is 1.84 bits per heavy atom. The zero-order chi connectivity index (χ0) is 17.5. The van der Waals surface area contributed by atoms with E-state index in [-0.39, 0.29) is 5.82 Å². The van der Waals surface area contributed by atoms with Gasteiger partial charge in [0.1, 0.15) is 11.6 Å². The Hall–Kier alpha value is -2.47. The van der Waals surface area contributed by atoms with E-state index in [1.165, 1.54) is 12.1 Å². The number of aromatic nitrogens is 1. The fourth-order valence-electron chi connectivity index (χ4n) is 3.11. The molecule has 2 aromatic rings. The summed E-state index contributed by atoms with van der Waals surface area (Å²) in [6.45, 7) is 4.89. The average molecular weight is 342 g/mol. The minimum absolute atomic E-state index is 0.285. The van der Waals surface area contributed by atoms with Crippen LogP contribution in [0.5, 0.6) is 0 Å². The highest BCUT2D eigenvalue weighted by Crippen LogP contribution is 2.14. The summed E-state index contributed by atoms with van der Waals surface area (Å²) < 4.78 is 13.0. The van der Waals surface area contributed by atoms with Gasteiger partial charge in [0, 0.05) is 32.4 Å². The molecule has 6 heteroatoms. The number of hydrogen-bond donors (Lipinski definition) is 1. The molecule has 3 rings (SSSR count). The summed E-state index contributed by atoms with van der Waals surface area (Å²) >= 11 is 0. The van der Waals surface area contributed by atoms with Crippen LogP contribution in [0.4, 0.5) is 10.2 Å². The van der Waals surface area contributed by atoms with Crippen LogP contribution in [-0.2, 0) is 0 Å². The maximum absolute atomic E-state index is 13.0. The molecule has 0 bridgehead atoms. The third kappa shape index (κ3) is 4.76. The number of nitrogens with zero attached hydrogens (tertiary/aromatic N) is 4. The van der Waals surface area contributed by atoms with Gasteiger partial charge in [-0.15, -0.1) is 0 Å². The fourth-order valence-corrected chi connectivity index (χ4v) is 3.11. The first-order valence-corrected chi connectivity index (χ1v) is 8.61.